The molecule has 0 saturated heterocycles. The minimum atomic E-state index is -0.632. The number of methoxy groups -OCH3 is 1. The lowest BCUT2D eigenvalue weighted by atomic mass is 10.1. The van der Waals surface area contributed by atoms with Crippen molar-refractivity contribution >= 4 is 17.6 Å². The third kappa shape index (κ3) is 5.37. The number of non-ortho nitro benzene ring substituents is 1. The quantitative estimate of drug-likeness (QED) is 0.286. The van der Waals surface area contributed by atoms with E-state index < -0.39 is 10.9 Å². The fourth-order valence-corrected chi connectivity index (χ4v) is 2.49. The van der Waals surface area contributed by atoms with E-state index in [-0.39, 0.29) is 35.3 Å². The Balaban J connectivity index is 2.21. The first-order chi connectivity index (χ1) is 13.0. The summed E-state index contributed by atoms with van der Waals surface area (Å²) >= 11 is 0. The van der Waals surface area contributed by atoms with Crippen LogP contribution >= 0.6 is 0 Å². The number of aromatic nitrogens is 1. The van der Waals surface area contributed by atoms with Gasteiger partial charge in [0.25, 0.3) is 11.6 Å². The smallest absolute Gasteiger partial charge is 0.360 e. The van der Waals surface area contributed by atoms with Gasteiger partial charge >= 0.3 is 5.97 Å². The van der Waals surface area contributed by atoms with Crippen LogP contribution < -0.4 is 0 Å². The van der Waals surface area contributed by atoms with E-state index in [2.05, 4.69) is 9.72 Å². The fraction of sp³-hybridized carbons (Fsp3) is 0.389. The Morgan fingerprint density at radius 3 is 2.78 bits per heavy atom. The Bertz CT molecular complexity index is 817. The molecule has 9 heteroatoms. The van der Waals surface area contributed by atoms with Gasteiger partial charge in [0, 0.05) is 24.2 Å². The van der Waals surface area contributed by atoms with Crippen molar-refractivity contribution in [3.05, 3.63) is 57.8 Å². The Morgan fingerprint density at radius 2 is 2.11 bits per heavy atom. The van der Waals surface area contributed by atoms with E-state index in [1.54, 1.807) is 0 Å². The molecule has 2 rings (SSSR count). The van der Waals surface area contributed by atoms with Gasteiger partial charge in [0.15, 0.2) is 5.69 Å². The molecule has 0 aliphatic rings. The maximum absolute atomic E-state index is 12.9. The molecule has 1 heterocycles. The van der Waals surface area contributed by atoms with Crippen LogP contribution in [0.5, 0.6) is 0 Å². The molecule has 0 radical (unpaired) electrons. The van der Waals surface area contributed by atoms with Crippen LogP contribution in [0, 0.1) is 10.1 Å². The molecule has 1 aromatic carbocycles. The summed E-state index contributed by atoms with van der Waals surface area (Å²) in [6, 6.07) is 5.56. The van der Waals surface area contributed by atoms with Crippen molar-refractivity contribution in [1.82, 2.24) is 9.88 Å². The van der Waals surface area contributed by atoms with Gasteiger partial charge in [-0.15, -0.1) is 0 Å². The maximum atomic E-state index is 12.9. The number of carbonyl (C=O) groups excluding carboxylic acids is 2. The van der Waals surface area contributed by atoms with Gasteiger partial charge in [0.05, 0.1) is 18.6 Å². The van der Waals surface area contributed by atoms with Crippen LogP contribution in [0.4, 0.5) is 5.69 Å². The zero-order valence-corrected chi connectivity index (χ0v) is 15.2. The van der Waals surface area contributed by atoms with Gasteiger partial charge in [-0.05, 0) is 12.5 Å². The van der Waals surface area contributed by atoms with Crippen LogP contribution in [0.15, 0.2) is 34.9 Å². The highest BCUT2D eigenvalue weighted by Crippen LogP contribution is 2.17. The topological polar surface area (TPSA) is 116 Å². The zero-order valence-electron chi connectivity index (χ0n) is 15.2. The molecule has 0 unspecified atom stereocenters. The molecule has 2 aromatic rings. The normalized spacial score (nSPS) is 10.4. The molecule has 0 spiro atoms. The minimum Gasteiger partial charge on any atom is -0.464 e. The number of oxazole rings is 1. The second-order valence-corrected chi connectivity index (χ2v) is 5.86. The van der Waals surface area contributed by atoms with Gasteiger partial charge < -0.3 is 14.1 Å². The number of nitro benzene ring substituents is 1. The molecule has 1 amide bonds. The first kappa shape index (κ1) is 20.1. The number of unbranched alkanes of at least 4 members (excludes halogenated alkanes) is 2. The van der Waals surface area contributed by atoms with Gasteiger partial charge in [-0.25, -0.2) is 9.78 Å². The molecule has 0 N–H and O–H groups in total. The summed E-state index contributed by atoms with van der Waals surface area (Å²) in [5, 5.41) is 11.0. The van der Waals surface area contributed by atoms with Crippen LogP contribution in [-0.4, -0.2) is 40.3 Å². The van der Waals surface area contributed by atoms with E-state index in [1.807, 2.05) is 6.92 Å². The van der Waals surface area contributed by atoms with E-state index in [0.717, 1.165) is 19.3 Å². The largest absolute Gasteiger partial charge is 0.464 e. The van der Waals surface area contributed by atoms with Crippen molar-refractivity contribution in [2.45, 2.75) is 32.7 Å². The van der Waals surface area contributed by atoms with E-state index in [9.17, 15) is 19.7 Å². The highest BCUT2D eigenvalue weighted by Gasteiger charge is 2.21. The van der Waals surface area contributed by atoms with Crippen molar-refractivity contribution in [3.8, 4) is 0 Å². The van der Waals surface area contributed by atoms with Gasteiger partial charge in [0.2, 0.25) is 5.89 Å². The standard InChI is InChI=1S/C18H21N3O6/c1-3-4-5-9-20(11-16-19-15(12-27-16)18(23)26-2)17(22)13-7-6-8-14(10-13)21(24)25/h6-8,10,12H,3-5,9,11H2,1-2H3. The molecule has 1 aromatic heterocycles. The molecule has 27 heavy (non-hydrogen) atoms. The maximum Gasteiger partial charge on any atom is 0.360 e. The summed E-state index contributed by atoms with van der Waals surface area (Å²) in [5.41, 5.74) is 0.0720. The molecule has 0 aliphatic carbocycles. The second-order valence-electron chi connectivity index (χ2n) is 5.86. The SMILES string of the molecule is CCCCCN(Cc1nc(C(=O)OC)co1)C(=O)c1cccc([N+](=O)[O-])c1. The number of amides is 1. The lowest BCUT2D eigenvalue weighted by Gasteiger charge is -2.21. The molecule has 0 atom stereocenters. The van der Waals surface area contributed by atoms with Crippen LogP contribution in [0.25, 0.3) is 0 Å². The highest BCUT2D eigenvalue weighted by molar-refractivity contribution is 5.94. The average Bonchev–Trinajstić information content (AvgIpc) is 3.15. The minimum absolute atomic E-state index is 0.0174. The molecule has 0 bridgehead atoms. The molecule has 0 saturated carbocycles. The van der Waals surface area contributed by atoms with E-state index >= 15 is 0 Å². The number of carbonyl (C=O) groups is 2. The zero-order chi connectivity index (χ0) is 19.8. The molecule has 0 aliphatic heterocycles. The van der Waals surface area contributed by atoms with E-state index in [1.165, 1.54) is 42.5 Å². The number of esters is 1. The number of nitro groups is 1. The number of nitrogens with zero attached hydrogens (tertiary/aromatic N) is 3. The summed E-state index contributed by atoms with van der Waals surface area (Å²) in [7, 11) is 1.24. The van der Waals surface area contributed by atoms with Crippen molar-refractivity contribution in [2.24, 2.45) is 0 Å². The molecule has 144 valence electrons. The summed E-state index contributed by atoms with van der Waals surface area (Å²) in [6.07, 6.45) is 3.84. The van der Waals surface area contributed by atoms with Crippen molar-refractivity contribution in [1.29, 1.82) is 0 Å². The van der Waals surface area contributed by atoms with Gasteiger partial charge in [-0.2, -0.15) is 0 Å². The summed E-state index contributed by atoms with van der Waals surface area (Å²) in [4.78, 5) is 40.3. The molecular weight excluding hydrogens is 354 g/mol. The Morgan fingerprint density at radius 1 is 1.33 bits per heavy atom. The second kappa shape index (κ2) is 9.46. The molecular formula is C18H21N3O6. The van der Waals surface area contributed by atoms with E-state index in [4.69, 9.17) is 4.42 Å². The third-order valence-electron chi connectivity index (χ3n) is 3.90. The Labute approximate surface area is 156 Å². The molecule has 9 nitrogen and oxygen atoms in total. The predicted octanol–water partition coefficient (Wildman–Crippen LogP) is 3.20. The van der Waals surface area contributed by atoms with Crippen LogP contribution in [0.3, 0.4) is 0 Å². The number of rotatable bonds is 9. The highest BCUT2D eigenvalue weighted by atomic mass is 16.6. The fourth-order valence-electron chi connectivity index (χ4n) is 2.49. The summed E-state index contributed by atoms with van der Waals surface area (Å²) in [5.74, 6) is -0.814. The van der Waals surface area contributed by atoms with E-state index in [0.29, 0.717) is 6.54 Å². The monoisotopic (exact) mass is 375 g/mol. The van der Waals surface area contributed by atoms with Crippen molar-refractivity contribution in [2.75, 3.05) is 13.7 Å². The van der Waals surface area contributed by atoms with Crippen molar-refractivity contribution < 1.29 is 23.7 Å². The Kier molecular flexibility index (Phi) is 7.04. The van der Waals surface area contributed by atoms with Crippen LogP contribution in [0.2, 0.25) is 0 Å². The van der Waals surface area contributed by atoms with Crippen LogP contribution in [0.1, 0.15) is 52.9 Å². The summed E-state index contributed by atoms with van der Waals surface area (Å²) < 4.78 is 9.84. The first-order valence-corrected chi connectivity index (χ1v) is 8.52. The first-order valence-electron chi connectivity index (χ1n) is 8.52. The van der Waals surface area contributed by atoms with Crippen molar-refractivity contribution in [3.63, 3.8) is 0 Å². The van der Waals surface area contributed by atoms with Gasteiger partial charge in [-0.1, -0.05) is 25.8 Å². The predicted molar refractivity (Wildman–Crippen MR) is 95.2 cm³/mol. The lowest BCUT2D eigenvalue weighted by Crippen LogP contribution is -2.31. The number of hydrogen-bond donors (Lipinski definition) is 0. The molecule has 0 fully saturated rings. The van der Waals surface area contributed by atoms with Gasteiger partial charge in [-0.3, -0.25) is 14.9 Å². The number of ether oxygens (including phenoxy) is 1. The number of benzene rings is 1. The lowest BCUT2D eigenvalue weighted by molar-refractivity contribution is -0.384. The number of hydrogen-bond acceptors (Lipinski definition) is 7. The third-order valence-corrected chi connectivity index (χ3v) is 3.90. The average molecular weight is 375 g/mol. The Hall–Kier alpha value is -3.23. The van der Waals surface area contributed by atoms with Crippen LogP contribution in [-0.2, 0) is 11.3 Å². The van der Waals surface area contributed by atoms with Gasteiger partial charge in [0.1, 0.15) is 6.26 Å². The summed E-state index contributed by atoms with van der Waals surface area (Å²) in [6.45, 7) is 2.52.